The van der Waals surface area contributed by atoms with Crippen molar-refractivity contribution in [3.05, 3.63) is 105 Å². The Balaban J connectivity index is 1.57. The van der Waals surface area contributed by atoms with Gasteiger partial charge in [-0.1, -0.05) is 47.5 Å². The molecule has 8 heteroatoms. The molecule has 4 nitrogen and oxygen atoms in total. The van der Waals surface area contributed by atoms with Crippen LogP contribution in [0.15, 0.2) is 66.7 Å². The van der Waals surface area contributed by atoms with Crippen molar-refractivity contribution < 1.29 is 18.3 Å². The highest BCUT2D eigenvalue weighted by Crippen LogP contribution is 2.40. The molecule has 3 aromatic carbocycles. The number of rotatable bonds is 8. The number of likely N-dealkylation sites (tertiary alicyclic amines) is 1. The summed E-state index contributed by atoms with van der Waals surface area (Å²) in [7, 11) is 0. The Hall–Kier alpha value is -2.67. The van der Waals surface area contributed by atoms with Gasteiger partial charge >= 0.3 is 6.09 Å². The second kappa shape index (κ2) is 11.6. The van der Waals surface area contributed by atoms with Gasteiger partial charge in [-0.2, -0.15) is 0 Å². The average Bonchev–Trinajstić information content (AvgIpc) is 2.78. The smallest absolute Gasteiger partial charge is 0.407 e. The molecule has 1 N–H and O–H groups in total. The highest BCUT2D eigenvalue weighted by atomic mass is 35.5. The van der Waals surface area contributed by atoms with E-state index in [0.717, 1.165) is 17.2 Å². The van der Waals surface area contributed by atoms with Crippen LogP contribution < -0.4 is 5.32 Å². The molecule has 3 aromatic rings. The van der Waals surface area contributed by atoms with Crippen molar-refractivity contribution in [2.45, 2.75) is 31.8 Å². The van der Waals surface area contributed by atoms with Crippen LogP contribution in [0.25, 0.3) is 0 Å². The lowest BCUT2D eigenvalue weighted by molar-refractivity contribution is 0.0317. The average molecular weight is 533 g/mol. The Morgan fingerprint density at radius 1 is 0.917 bits per heavy atom. The minimum absolute atomic E-state index is 0.0203. The predicted molar refractivity (Wildman–Crippen MR) is 139 cm³/mol. The Labute approximate surface area is 220 Å². The second-order valence-corrected chi connectivity index (χ2v) is 10.3. The number of ether oxygens (including phenoxy) is 1. The van der Waals surface area contributed by atoms with Gasteiger partial charge in [0, 0.05) is 41.2 Å². The summed E-state index contributed by atoms with van der Waals surface area (Å²) in [5.41, 5.74) is 2.62. The number of carbonyl (C=O) groups is 1. The Bertz CT molecular complexity index is 1120. The molecule has 0 aliphatic carbocycles. The van der Waals surface area contributed by atoms with Crippen molar-refractivity contribution in [2.75, 3.05) is 19.7 Å². The first kappa shape index (κ1) is 26.4. The number of halogens is 4. The minimum Gasteiger partial charge on any atom is -0.449 e. The van der Waals surface area contributed by atoms with Gasteiger partial charge in [0.05, 0.1) is 6.04 Å². The van der Waals surface area contributed by atoms with E-state index in [9.17, 15) is 13.6 Å². The number of hydrogen-bond acceptors (Lipinski definition) is 3. The lowest BCUT2D eigenvalue weighted by atomic mass is 9.79. The Morgan fingerprint density at radius 3 is 1.89 bits per heavy atom. The van der Waals surface area contributed by atoms with E-state index >= 15 is 0 Å². The quantitative estimate of drug-likeness (QED) is 0.333. The Morgan fingerprint density at radius 2 is 1.42 bits per heavy atom. The fourth-order valence-corrected chi connectivity index (χ4v) is 4.91. The van der Waals surface area contributed by atoms with E-state index in [1.54, 1.807) is 0 Å². The summed E-state index contributed by atoms with van der Waals surface area (Å²) >= 11 is 12.2. The van der Waals surface area contributed by atoms with Crippen LogP contribution in [0.1, 0.15) is 42.5 Å². The first-order valence-corrected chi connectivity index (χ1v) is 12.6. The molecule has 0 saturated carbocycles. The third-order valence-corrected chi connectivity index (χ3v) is 6.86. The van der Waals surface area contributed by atoms with Crippen molar-refractivity contribution >= 4 is 29.3 Å². The van der Waals surface area contributed by atoms with Gasteiger partial charge in [-0.05, 0) is 72.9 Å². The maximum absolute atomic E-state index is 14.1. The van der Waals surface area contributed by atoms with E-state index in [-0.39, 0.29) is 30.5 Å². The van der Waals surface area contributed by atoms with Crippen LogP contribution >= 0.6 is 23.2 Å². The number of benzene rings is 3. The first-order valence-electron chi connectivity index (χ1n) is 11.8. The van der Waals surface area contributed by atoms with Crippen molar-refractivity contribution in [1.29, 1.82) is 0 Å². The van der Waals surface area contributed by atoms with Crippen LogP contribution in [-0.2, 0) is 4.74 Å². The third-order valence-electron chi connectivity index (χ3n) is 6.36. The van der Waals surface area contributed by atoms with E-state index < -0.39 is 17.7 Å². The molecule has 1 amide bonds. The standard InChI is InChI=1S/C28H28Cl2F2N2O2/c1-17(2)33-28(35)36-16-26(20-11-24(31)13-25(32)12-20)21-14-34(15-21)27(18-3-7-22(29)8-4-18)19-5-9-23(30)10-6-19/h3-13,17,21,26-27H,14-16H2,1-2H3,(H,33,35). The van der Waals surface area contributed by atoms with Gasteiger partial charge in [-0.3, -0.25) is 4.90 Å². The normalized spacial score (nSPS) is 15.1. The summed E-state index contributed by atoms with van der Waals surface area (Å²) in [5.74, 6) is -1.64. The van der Waals surface area contributed by atoms with Gasteiger partial charge in [0.15, 0.2) is 0 Å². The monoisotopic (exact) mass is 532 g/mol. The molecular weight excluding hydrogens is 505 g/mol. The lowest BCUT2D eigenvalue weighted by Gasteiger charge is -2.47. The van der Waals surface area contributed by atoms with E-state index in [4.69, 9.17) is 27.9 Å². The summed E-state index contributed by atoms with van der Waals surface area (Å²) in [4.78, 5) is 14.4. The van der Waals surface area contributed by atoms with E-state index in [1.165, 1.54) is 12.1 Å². The lowest BCUT2D eigenvalue weighted by Crippen LogP contribution is -2.52. The number of nitrogens with zero attached hydrogens (tertiary/aromatic N) is 1. The van der Waals surface area contributed by atoms with Crippen LogP contribution in [0.5, 0.6) is 0 Å². The molecule has 0 radical (unpaired) electrons. The molecule has 190 valence electrons. The summed E-state index contributed by atoms with van der Waals surface area (Å²) in [6.45, 7) is 4.98. The highest BCUT2D eigenvalue weighted by Gasteiger charge is 2.39. The molecule has 36 heavy (non-hydrogen) atoms. The fraction of sp³-hybridized carbons (Fsp3) is 0.321. The van der Waals surface area contributed by atoms with Gasteiger partial charge in [0.1, 0.15) is 18.2 Å². The maximum Gasteiger partial charge on any atom is 0.407 e. The van der Waals surface area contributed by atoms with Crippen molar-refractivity contribution in [1.82, 2.24) is 10.2 Å². The summed E-state index contributed by atoms with van der Waals surface area (Å²) in [6, 6.07) is 18.7. The van der Waals surface area contributed by atoms with Gasteiger partial charge in [-0.25, -0.2) is 13.6 Å². The molecule has 1 unspecified atom stereocenters. The molecule has 0 spiro atoms. The van der Waals surface area contributed by atoms with Gasteiger partial charge in [-0.15, -0.1) is 0 Å². The van der Waals surface area contributed by atoms with E-state index in [0.29, 0.717) is 28.7 Å². The van der Waals surface area contributed by atoms with Crippen LogP contribution in [0.3, 0.4) is 0 Å². The SMILES string of the molecule is CC(C)NC(=O)OCC(c1cc(F)cc(F)c1)C1CN(C(c2ccc(Cl)cc2)c2ccc(Cl)cc2)C1. The molecule has 1 aliphatic heterocycles. The number of hydrogen-bond donors (Lipinski definition) is 1. The second-order valence-electron chi connectivity index (χ2n) is 9.43. The van der Waals surface area contributed by atoms with Crippen LogP contribution in [0, 0.1) is 17.6 Å². The zero-order valence-corrected chi connectivity index (χ0v) is 21.6. The van der Waals surface area contributed by atoms with E-state index in [1.807, 2.05) is 62.4 Å². The highest BCUT2D eigenvalue weighted by molar-refractivity contribution is 6.30. The summed E-state index contributed by atoms with van der Waals surface area (Å²) in [5, 5.41) is 3.99. The van der Waals surface area contributed by atoms with Crippen molar-refractivity contribution in [2.24, 2.45) is 5.92 Å². The third kappa shape index (κ3) is 6.55. The molecule has 0 bridgehead atoms. The zero-order chi connectivity index (χ0) is 25.8. The number of nitrogens with one attached hydrogen (secondary N) is 1. The van der Waals surface area contributed by atoms with Gasteiger partial charge < -0.3 is 10.1 Å². The van der Waals surface area contributed by atoms with Gasteiger partial charge in [0.2, 0.25) is 0 Å². The Kier molecular flexibility index (Phi) is 8.50. The maximum atomic E-state index is 14.1. The molecule has 1 aliphatic rings. The molecule has 4 rings (SSSR count). The molecular formula is C28H28Cl2F2N2O2. The number of amides is 1. The zero-order valence-electron chi connectivity index (χ0n) is 20.1. The van der Waals surface area contributed by atoms with Crippen LogP contribution in [-0.4, -0.2) is 36.7 Å². The largest absolute Gasteiger partial charge is 0.449 e. The first-order chi connectivity index (χ1) is 17.2. The minimum atomic E-state index is -0.655. The van der Waals surface area contributed by atoms with Crippen molar-refractivity contribution in [3.8, 4) is 0 Å². The topological polar surface area (TPSA) is 41.6 Å². The molecule has 1 heterocycles. The van der Waals surface area contributed by atoms with Crippen molar-refractivity contribution in [3.63, 3.8) is 0 Å². The number of carbonyl (C=O) groups excluding carboxylic acids is 1. The van der Waals surface area contributed by atoms with Crippen LogP contribution in [0.4, 0.5) is 13.6 Å². The molecule has 1 fully saturated rings. The molecule has 1 saturated heterocycles. The van der Waals surface area contributed by atoms with E-state index in [2.05, 4.69) is 10.2 Å². The summed E-state index contributed by atoms with van der Waals surface area (Å²) < 4.78 is 33.6. The fourth-order valence-electron chi connectivity index (χ4n) is 4.66. The molecule has 0 aromatic heterocycles. The molecule has 1 atom stereocenters. The number of alkyl carbamates (subject to hydrolysis) is 1. The summed E-state index contributed by atoms with van der Waals surface area (Å²) in [6.07, 6.45) is -0.553. The van der Waals surface area contributed by atoms with Crippen LogP contribution in [0.2, 0.25) is 10.0 Å². The van der Waals surface area contributed by atoms with Gasteiger partial charge in [0.25, 0.3) is 0 Å². The predicted octanol–water partition coefficient (Wildman–Crippen LogP) is 7.21.